The molecule has 4 aromatic carbocycles. The Morgan fingerprint density at radius 1 is 0.886 bits per heavy atom. The summed E-state index contributed by atoms with van der Waals surface area (Å²) in [6.45, 7) is 0.426. The highest BCUT2D eigenvalue weighted by Crippen LogP contribution is 2.36. The van der Waals surface area contributed by atoms with Crippen molar-refractivity contribution in [2.24, 2.45) is 0 Å². The monoisotopic (exact) mass is 463 g/mol. The zero-order chi connectivity index (χ0) is 24.2. The standard InChI is InChI=1S/C29H25N3O3/c33-22-12-10-19(11-13-22)21-16-25(26-18-31-32-27(26)17-21)23(20-6-2-1-3-7-20)14-15-30-29(35)24-8-4-5-9-28(24)34/h1-13,16-18,23,33-34H,14-15H2,(H,30,35)(H,31,32). The van der Waals surface area contributed by atoms with Gasteiger partial charge in [0.05, 0.1) is 17.3 Å². The summed E-state index contributed by atoms with van der Waals surface area (Å²) in [5, 5.41) is 31.1. The lowest BCUT2D eigenvalue weighted by molar-refractivity contribution is 0.0950. The summed E-state index contributed by atoms with van der Waals surface area (Å²) in [7, 11) is 0. The number of aromatic nitrogens is 2. The summed E-state index contributed by atoms with van der Waals surface area (Å²) in [4.78, 5) is 12.7. The molecular weight excluding hydrogens is 438 g/mol. The molecule has 1 amide bonds. The molecule has 6 nitrogen and oxygen atoms in total. The van der Waals surface area contributed by atoms with Gasteiger partial charge in [-0.2, -0.15) is 5.10 Å². The molecule has 0 aliphatic carbocycles. The molecule has 5 rings (SSSR count). The van der Waals surface area contributed by atoms with Crippen LogP contribution in [0.4, 0.5) is 0 Å². The van der Waals surface area contributed by atoms with Crippen molar-refractivity contribution in [1.29, 1.82) is 0 Å². The van der Waals surface area contributed by atoms with Gasteiger partial charge in [-0.25, -0.2) is 0 Å². The maximum absolute atomic E-state index is 12.7. The molecule has 0 aliphatic heterocycles. The number of carbonyl (C=O) groups excluding carboxylic acids is 1. The van der Waals surface area contributed by atoms with Crippen LogP contribution in [0.2, 0.25) is 0 Å². The minimum Gasteiger partial charge on any atom is -0.508 e. The Hall–Kier alpha value is -4.58. The van der Waals surface area contributed by atoms with Crippen molar-refractivity contribution in [3.05, 3.63) is 114 Å². The number of hydrogen-bond donors (Lipinski definition) is 4. The Morgan fingerprint density at radius 3 is 2.40 bits per heavy atom. The second-order valence-electron chi connectivity index (χ2n) is 8.47. The van der Waals surface area contributed by atoms with Gasteiger partial charge in [0.25, 0.3) is 5.91 Å². The number of hydrogen-bond acceptors (Lipinski definition) is 4. The molecule has 4 N–H and O–H groups in total. The molecule has 1 atom stereocenters. The average Bonchev–Trinajstić information content (AvgIpc) is 3.36. The Balaban J connectivity index is 1.49. The van der Waals surface area contributed by atoms with E-state index in [-0.39, 0.29) is 28.9 Å². The molecule has 0 spiro atoms. The number of para-hydroxylation sites is 1. The largest absolute Gasteiger partial charge is 0.508 e. The zero-order valence-corrected chi connectivity index (χ0v) is 19.0. The molecule has 0 saturated heterocycles. The van der Waals surface area contributed by atoms with Crippen molar-refractivity contribution in [2.45, 2.75) is 12.3 Å². The third-order valence-electron chi connectivity index (χ3n) is 6.24. The third-order valence-corrected chi connectivity index (χ3v) is 6.24. The van der Waals surface area contributed by atoms with E-state index in [1.807, 2.05) is 36.5 Å². The predicted molar refractivity (Wildman–Crippen MR) is 137 cm³/mol. The average molecular weight is 464 g/mol. The van der Waals surface area contributed by atoms with Crippen LogP contribution in [0.3, 0.4) is 0 Å². The van der Waals surface area contributed by atoms with Crippen LogP contribution in [0.1, 0.15) is 33.8 Å². The van der Waals surface area contributed by atoms with E-state index in [4.69, 9.17) is 0 Å². The Labute approximate surface area is 202 Å². The van der Waals surface area contributed by atoms with E-state index >= 15 is 0 Å². The molecule has 0 bridgehead atoms. The summed E-state index contributed by atoms with van der Waals surface area (Å²) < 4.78 is 0. The maximum Gasteiger partial charge on any atom is 0.255 e. The predicted octanol–water partition coefficient (Wildman–Crippen LogP) is 5.59. The fraction of sp³-hybridized carbons (Fsp3) is 0.103. The highest BCUT2D eigenvalue weighted by molar-refractivity contribution is 5.96. The van der Waals surface area contributed by atoms with Gasteiger partial charge in [-0.05, 0) is 65.1 Å². The van der Waals surface area contributed by atoms with Crippen LogP contribution in [0, 0.1) is 0 Å². The van der Waals surface area contributed by atoms with Crippen LogP contribution >= 0.6 is 0 Å². The van der Waals surface area contributed by atoms with E-state index in [2.05, 4.69) is 39.8 Å². The minimum atomic E-state index is -0.304. The van der Waals surface area contributed by atoms with Crippen LogP contribution < -0.4 is 5.32 Å². The maximum atomic E-state index is 12.7. The second-order valence-corrected chi connectivity index (χ2v) is 8.47. The third kappa shape index (κ3) is 4.73. The molecule has 1 heterocycles. The van der Waals surface area contributed by atoms with Crippen molar-refractivity contribution < 1.29 is 15.0 Å². The number of nitrogens with one attached hydrogen (secondary N) is 2. The van der Waals surface area contributed by atoms with Gasteiger partial charge in [-0.1, -0.05) is 54.6 Å². The first-order chi connectivity index (χ1) is 17.1. The smallest absolute Gasteiger partial charge is 0.255 e. The first-order valence-electron chi connectivity index (χ1n) is 11.5. The fourth-order valence-electron chi connectivity index (χ4n) is 4.47. The zero-order valence-electron chi connectivity index (χ0n) is 19.0. The second kappa shape index (κ2) is 9.73. The number of phenols is 2. The van der Waals surface area contributed by atoms with Gasteiger partial charge < -0.3 is 15.5 Å². The van der Waals surface area contributed by atoms with Gasteiger partial charge in [-0.3, -0.25) is 9.89 Å². The Morgan fingerprint density at radius 2 is 1.63 bits per heavy atom. The lowest BCUT2D eigenvalue weighted by Gasteiger charge is -2.21. The molecule has 35 heavy (non-hydrogen) atoms. The summed E-state index contributed by atoms with van der Waals surface area (Å²) in [6.07, 6.45) is 2.49. The number of carbonyl (C=O) groups is 1. The van der Waals surface area contributed by atoms with E-state index in [1.54, 1.807) is 30.3 Å². The Bertz CT molecular complexity index is 1460. The molecule has 174 valence electrons. The normalized spacial score (nSPS) is 11.9. The number of rotatable bonds is 7. The molecule has 5 aromatic rings. The van der Waals surface area contributed by atoms with Crippen LogP contribution in [0.5, 0.6) is 11.5 Å². The number of fused-ring (bicyclic) bond motifs is 1. The van der Waals surface area contributed by atoms with E-state index in [1.165, 1.54) is 6.07 Å². The van der Waals surface area contributed by atoms with E-state index < -0.39 is 0 Å². The van der Waals surface area contributed by atoms with Crippen LogP contribution in [-0.4, -0.2) is 32.9 Å². The van der Waals surface area contributed by atoms with Gasteiger partial charge >= 0.3 is 0 Å². The van der Waals surface area contributed by atoms with E-state index in [9.17, 15) is 15.0 Å². The Kier molecular flexibility index (Phi) is 6.18. The molecule has 6 heteroatoms. The summed E-state index contributed by atoms with van der Waals surface area (Å²) >= 11 is 0. The van der Waals surface area contributed by atoms with E-state index in [0.29, 0.717) is 13.0 Å². The van der Waals surface area contributed by atoms with Crippen molar-refractivity contribution in [2.75, 3.05) is 6.54 Å². The van der Waals surface area contributed by atoms with Crippen LogP contribution in [0.15, 0.2) is 97.2 Å². The number of amides is 1. The number of aromatic amines is 1. The molecule has 0 radical (unpaired) electrons. The molecule has 0 aliphatic rings. The first kappa shape index (κ1) is 22.2. The number of benzene rings is 4. The van der Waals surface area contributed by atoms with Gasteiger partial charge in [0, 0.05) is 17.8 Å². The number of aromatic hydroxyl groups is 2. The molecule has 1 unspecified atom stereocenters. The van der Waals surface area contributed by atoms with Crippen molar-refractivity contribution in [3.8, 4) is 22.6 Å². The van der Waals surface area contributed by atoms with Crippen LogP contribution in [0.25, 0.3) is 22.0 Å². The summed E-state index contributed by atoms with van der Waals surface area (Å²) in [6, 6.07) is 28.1. The van der Waals surface area contributed by atoms with Gasteiger partial charge in [0.2, 0.25) is 0 Å². The summed E-state index contributed by atoms with van der Waals surface area (Å²) in [5.41, 5.74) is 5.41. The van der Waals surface area contributed by atoms with Crippen molar-refractivity contribution in [1.82, 2.24) is 15.5 Å². The van der Waals surface area contributed by atoms with Gasteiger partial charge in [0.1, 0.15) is 11.5 Å². The van der Waals surface area contributed by atoms with Crippen molar-refractivity contribution in [3.63, 3.8) is 0 Å². The summed E-state index contributed by atoms with van der Waals surface area (Å²) in [5.74, 6) is -0.121. The number of H-pyrrole nitrogens is 1. The lowest BCUT2D eigenvalue weighted by atomic mass is 9.85. The SMILES string of the molecule is O=C(NCCC(c1ccccc1)c1cc(-c2ccc(O)cc2)cc2[nH]ncc12)c1ccccc1O. The number of nitrogens with zero attached hydrogens (tertiary/aromatic N) is 1. The highest BCUT2D eigenvalue weighted by atomic mass is 16.3. The molecule has 1 aromatic heterocycles. The van der Waals surface area contributed by atoms with Gasteiger partial charge in [-0.15, -0.1) is 0 Å². The lowest BCUT2D eigenvalue weighted by Crippen LogP contribution is -2.26. The van der Waals surface area contributed by atoms with Crippen molar-refractivity contribution >= 4 is 16.8 Å². The molecule has 0 saturated carbocycles. The number of phenolic OH excluding ortho intramolecular Hbond substituents is 2. The quantitative estimate of drug-likeness (QED) is 0.253. The van der Waals surface area contributed by atoms with Gasteiger partial charge in [0.15, 0.2) is 0 Å². The molecule has 0 fully saturated rings. The first-order valence-corrected chi connectivity index (χ1v) is 11.5. The van der Waals surface area contributed by atoms with E-state index in [0.717, 1.165) is 33.2 Å². The van der Waals surface area contributed by atoms with Crippen LogP contribution in [-0.2, 0) is 0 Å². The fourth-order valence-corrected chi connectivity index (χ4v) is 4.47. The molecular formula is C29H25N3O3. The minimum absolute atomic E-state index is 0.00182. The highest BCUT2D eigenvalue weighted by Gasteiger charge is 2.20. The topological polar surface area (TPSA) is 98.2 Å².